The van der Waals surface area contributed by atoms with Crippen molar-refractivity contribution in [1.82, 2.24) is 20.2 Å². The van der Waals surface area contributed by atoms with Crippen molar-refractivity contribution >= 4 is 47.2 Å². The number of amides is 1. The van der Waals surface area contributed by atoms with Gasteiger partial charge in [-0.3, -0.25) is 19.5 Å². The summed E-state index contributed by atoms with van der Waals surface area (Å²) in [5, 5.41) is 24.8. The second-order valence-electron chi connectivity index (χ2n) is 7.76. The van der Waals surface area contributed by atoms with Gasteiger partial charge >= 0.3 is 0 Å². The Bertz CT molecular complexity index is 1470. The third kappa shape index (κ3) is 6.69. The minimum atomic E-state index is -0.455. The Balaban J connectivity index is 1.44. The third-order valence-corrected chi connectivity index (χ3v) is 6.30. The first kappa shape index (κ1) is 25.8. The van der Waals surface area contributed by atoms with E-state index in [4.69, 9.17) is 11.6 Å². The van der Waals surface area contributed by atoms with Gasteiger partial charge in [-0.05, 0) is 61.5 Å². The molecule has 4 aromatic rings. The van der Waals surface area contributed by atoms with Gasteiger partial charge in [-0.2, -0.15) is 5.10 Å². The summed E-state index contributed by atoms with van der Waals surface area (Å²) in [6, 6.07) is 21.6. The van der Waals surface area contributed by atoms with Gasteiger partial charge in [0.1, 0.15) is 0 Å². The van der Waals surface area contributed by atoms with Crippen LogP contribution in [0, 0.1) is 17.0 Å². The van der Waals surface area contributed by atoms with Gasteiger partial charge in [0.15, 0.2) is 11.0 Å². The summed E-state index contributed by atoms with van der Waals surface area (Å²) in [5.74, 6) is 0.337. The second-order valence-corrected chi connectivity index (χ2v) is 9.14. The molecular weight excluding hydrogens is 512 g/mol. The molecule has 4 rings (SSSR count). The van der Waals surface area contributed by atoms with Crippen molar-refractivity contribution in [2.75, 3.05) is 5.75 Å². The van der Waals surface area contributed by atoms with Crippen LogP contribution >= 0.6 is 23.4 Å². The van der Waals surface area contributed by atoms with E-state index in [0.29, 0.717) is 21.6 Å². The second kappa shape index (κ2) is 12.1. The number of hydrogen-bond donors (Lipinski definition) is 1. The van der Waals surface area contributed by atoms with Gasteiger partial charge in [0, 0.05) is 28.6 Å². The molecule has 0 aliphatic carbocycles. The molecule has 0 fully saturated rings. The number of allylic oxidation sites excluding steroid dienone is 1. The molecule has 0 spiro atoms. The van der Waals surface area contributed by atoms with E-state index in [9.17, 15) is 14.9 Å². The standard InChI is InChI=1S/C26H21ClN6O3S/c1-18-8-14-22(15-9-18)32-25(20-10-12-21(27)13-11-20)30-31-26(32)37-17-24(34)29-28-16-4-6-19-5-2-3-7-23(19)33(35)36/h2-16H,17H2,1H3,(H,29,34)/b6-4-,28-16-. The molecule has 1 heterocycles. The minimum absolute atomic E-state index is 0.0109. The number of nitrogens with zero attached hydrogens (tertiary/aromatic N) is 5. The van der Waals surface area contributed by atoms with E-state index in [0.717, 1.165) is 16.8 Å². The Labute approximate surface area is 222 Å². The van der Waals surface area contributed by atoms with Gasteiger partial charge in [0.05, 0.1) is 16.2 Å². The summed E-state index contributed by atoms with van der Waals surface area (Å²) < 4.78 is 1.89. The van der Waals surface area contributed by atoms with Gasteiger partial charge in [-0.25, -0.2) is 5.43 Å². The smallest absolute Gasteiger partial charge is 0.272 e. The van der Waals surface area contributed by atoms with E-state index >= 15 is 0 Å². The lowest BCUT2D eigenvalue weighted by molar-refractivity contribution is -0.385. The van der Waals surface area contributed by atoms with Crippen LogP contribution in [0.4, 0.5) is 5.69 Å². The van der Waals surface area contributed by atoms with Crippen LogP contribution in [0.3, 0.4) is 0 Å². The normalized spacial score (nSPS) is 11.3. The lowest BCUT2D eigenvalue weighted by atomic mass is 10.2. The fourth-order valence-corrected chi connectivity index (χ4v) is 4.20. The van der Waals surface area contributed by atoms with E-state index in [1.807, 2.05) is 47.9 Å². The van der Waals surface area contributed by atoms with E-state index in [1.54, 1.807) is 36.4 Å². The number of nitrogens with one attached hydrogen (secondary N) is 1. The lowest BCUT2D eigenvalue weighted by Gasteiger charge is -2.10. The maximum Gasteiger partial charge on any atom is 0.276 e. The first-order valence-electron chi connectivity index (χ1n) is 11.1. The molecule has 0 bridgehead atoms. The lowest BCUT2D eigenvalue weighted by Crippen LogP contribution is -2.19. The van der Waals surface area contributed by atoms with E-state index in [-0.39, 0.29) is 17.3 Å². The number of rotatable bonds is 9. The number of aryl methyl sites for hydroxylation is 1. The molecular formula is C26H21ClN6O3S. The zero-order valence-corrected chi connectivity index (χ0v) is 21.2. The Morgan fingerprint density at radius 2 is 1.84 bits per heavy atom. The fraction of sp³-hybridized carbons (Fsp3) is 0.0769. The molecule has 3 aromatic carbocycles. The zero-order chi connectivity index (χ0) is 26.2. The molecule has 1 N–H and O–H groups in total. The van der Waals surface area contributed by atoms with Crippen molar-refractivity contribution in [2.24, 2.45) is 5.10 Å². The molecule has 0 aliphatic rings. The molecule has 0 radical (unpaired) electrons. The third-order valence-electron chi connectivity index (χ3n) is 5.12. The van der Waals surface area contributed by atoms with E-state index in [2.05, 4.69) is 20.7 Å². The number of para-hydroxylation sites is 1. The Morgan fingerprint density at radius 3 is 2.57 bits per heavy atom. The fourth-order valence-electron chi connectivity index (χ4n) is 3.33. The monoisotopic (exact) mass is 532 g/mol. The van der Waals surface area contributed by atoms with Gasteiger partial charge in [0.25, 0.3) is 11.6 Å². The zero-order valence-electron chi connectivity index (χ0n) is 19.6. The van der Waals surface area contributed by atoms with Crippen LogP contribution in [0.15, 0.2) is 89.1 Å². The number of carbonyl (C=O) groups excluding carboxylic acids is 1. The van der Waals surface area contributed by atoms with Crippen molar-refractivity contribution < 1.29 is 9.72 Å². The number of aromatic nitrogens is 3. The number of nitro groups is 1. The molecule has 0 aliphatic heterocycles. The predicted octanol–water partition coefficient (Wildman–Crippen LogP) is 5.71. The molecule has 0 atom stereocenters. The summed E-state index contributed by atoms with van der Waals surface area (Å²) in [6.07, 6.45) is 4.42. The van der Waals surface area contributed by atoms with E-state index in [1.165, 1.54) is 30.1 Å². The molecule has 0 unspecified atom stereocenters. The Morgan fingerprint density at radius 1 is 1.11 bits per heavy atom. The quantitative estimate of drug-likeness (QED) is 0.128. The largest absolute Gasteiger partial charge is 0.276 e. The average Bonchev–Trinajstić information content (AvgIpc) is 3.32. The first-order chi connectivity index (χ1) is 17.9. The maximum atomic E-state index is 12.4. The summed E-state index contributed by atoms with van der Waals surface area (Å²) in [4.78, 5) is 23.0. The topological polar surface area (TPSA) is 115 Å². The van der Waals surface area contributed by atoms with Crippen LogP contribution in [0.1, 0.15) is 11.1 Å². The van der Waals surface area contributed by atoms with Crippen LogP contribution < -0.4 is 5.43 Å². The Hall–Kier alpha value is -4.28. The van der Waals surface area contributed by atoms with Gasteiger partial charge in [0.2, 0.25) is 0 Å². The molecule has 0 saturated heterocycles. The van der Waals surface area contributed by atoms with Gasteiger partial charge in [-0.15, -0.1) is 10.2 Å². The van der Waals surface area contributed by atoms with Crippen LogP contribution in [0.2, 0.25) is 5.02 Å². The minimum Gasteiger partial charge on any atom is -0.272 e. The molecule has 1 amide bonds. The molecule has 186 valence electrons. The highest BCUT2D eigenvalue weighted by Crippen LogP contribution is 2.29. The van der Waals surface area contributed by atoms with Crippen molar-refractivity contribution in [2.45, 2.75) is 12.1 Å². The number of halogens is 1. The molecule has 9 nitrogen and oxygen atoms in total. The highest BCUT2D eigenvalue weighted by atomic mass is 35.5. The summed E-state index contributed by atoms with van der Waals surface area (Å²) >= 11 is 7.26. The van der Waals surface area contributed by atoms with Crippen LogP contribution in [-0.2, 0) is 4.79 Å². The number of carbonyl (C=O) groups is 1. The molecule has 37 heavy (non-hydrogen) atoms. The SMILES string of the molecule is Cc1ccc(-n2c(SCC(=O)N/N=C\C=C/c3ccccc3[N+](=O)[O-])nnc2-c2ccc(Cl)cc2)cc1. The van der Waals surface area contributed by atoms with Gasteiger partial charge in [-0.1, -0.05) is 53.2 Å². The van der Waals surface area contributed by atoms with E-state index < -0.39 is 4.92 Å². The van der Waals surface area contributed by atoms with Crippen LogP contribution in [-0.4, -0.2) is 37.6 Å². The van der Waals surface area contributed by atoms with Crippen molar-refractivity contribution in [3.05, 3.63) is 105 Å². The van der Waals surface area contributed by atoms with Crippen molar-refractivity contribution in [3.8, 4) is 17.1 Å². The van der Waals surface area contributed by atoms with Crippen LogP contribution in [0.25, 0.3) is 23.2 Å². The average molecular weight is 533 g/mol. The molecule has 1 aromatic heterocycles. The highest BCUT2D eigenvalue weighted by Gasteiger charge is 2.17. The molecule has 0 saturated carbocycles. The Kier molecular flexibility index (Phi) is 8.44. The van der Waals surface area contributed by atoms with Crippen molar-refractivity contribution in [1.29, 1.82) is 0 Å². The number of hydrazone groups is 1. The van der Waals surface area contributed by atoms with Crippen molar-refractivity contribution in [3.63, 3.8) is 0 Å². The number of thioether (sulfide) groups is 1. The summed E-state index contributed by atoms with van der Waals surface area (Å²) in [5.41, 5.74) is 5.68. The number of benzene rings is 3. The number of hydrogen-bond acceptors (Lipinski definition) is 7. The first-order valence-corrected chi connectivity index (χ1v) is 12.4. The van der Waals surface area contributed by atoms with Gasteiger partial charge < -0.3 is 0 Å². The maximum absolute atomic E-state index is 12.4. The van der Waals surface area contributed by atoms with Crippen LogP contribution in [0.5, 0.6) is 0 Å². The number of nitro benzene ring substituents is 1. The predicted molar refractivity (Wildman–Crippen MR) is 146 cm³/mol. The molecule has 11 heteroatoms. The highest BCUT2D eigenvalue weighted by molar-refractivity contribution is 7.99. The summed E-state index contributed by atoms with van der Waals surface area (Å²) in [7, 11) is 0. The summed E-state index contributed by atoms with van der Waals surface area (Å²) in [6.45, 7) is 2.01.